The lowest BCUT2D eigenvalue weighted by molar-refractivity contribution is -0.117. The number of rotatable bonds is 5. The maximum absolute atomic E-state index is 13.9. The first kappa shape index (κ1) is 16.8. The molecule has 0 saturated carbocycles. The van der Waals surface area contributed by atoms with E-state index in [9.17, 15) is 14.0 Å². The molecule has 1 N–H and O–H groups in total. The van der Waals surface area contributed by atoms with Crippen LogP contribution in [-0.2, 0) is 11.3 Å². The molecule has 0 bridgehead atoms. The van der Waals surface area contributed by atoms with Gasteiger partial charge < -0.3 is 10.1 Å². The van der Waals surface area contributed by atoms with Crippen LogP contribution >= 0.6 is 11.3 Å². The monoisotopic (exact) mass is 359 g/mol. The molecule has 3 rings (SSSR count). The average Bonchev–Trinajstić information content (AvgIpc) is 3.13. The van der Waals surface area contributed by atoms with Crippen molar-refractivity contribution in [3.63, 3.8) is 0 Å². The van der Waals surface area contributed by atoms with Gasteiger partial charge in [0.25, 0.3) is 5.56 Å². The Bertz CT molecular complexity index is 954. The summed E-state index contributed by atoms with van der Waals surface area (Å²) in [5, 5.41) is 8.51. The van der Waals surface area contributed by atoms with Crippen molar-refractivity contribution in [1.29, 1.82) is 0 Å². The number of nitrogens with one attached hydrogen (secondary N) is 1. The molecule has 0 fully saturated rings. The number of hydrogen-bond donors (Lipinski definition) is 1. The third kappa shape index (κ3) is 3.92. The number of aromatic nitrogens is 2. The van der Waals surface area contributed by atoms with Gasteiger partial charge in [0.2, 0.25) is 5.91 Å². The molecule has 2 aromatic heterocycles. The summed E-state index contributed by atoms with van der Waals surface area (Å²) in [5.41, 5.74) is 0.192. The van der Waals surface area contributed by atoms with E-state index in [2.05, 4.69) is 10.4 Å². The third-order valence-electron chi connectivity index (χ3n) is 3.38. The molecule has 0 spiro atoms. The Morgan fingerprint density at radius 2 is 2.16 bits per heavy atom. The molecule has 0 unspecified atom stereocenters. The fraction of sp³-hybridized carbons (Fsp3) is 0.118. The highest BCUT2D eigenvalue weighted by Gasteiger charge is 2.11. The molecule has 1 amide bonds. The van der Waals surface area contributed by atoms with Gasteiger partial charge in [0.05, 0.1) is 17.7 Å². The van der Waals surface area contributed by atoms with Crippen molar-refractivity contribution in [3.05, 3.63) is 64.0 Å². The molecule has 0 radical (unpaired) electrons. The van der Waals surface area contributed by atoms with Crippen molar-refractivity contribution in [2.75, 3.05) is 12.4 Å². The van der Waals surface area contributed by atoms with Crippen LogP contribution in [0.25, 0.3) is 10.6 Å². The van der Waals surface area contributed by atoms with Gasteiger partial charge in [-0.25, -0.2) is 9.07 Å². The summed E-state index contributed by atoms with van der Waals surface area (Å²) >= 11 is 1.48. The molecule has 0 aliphatic rings. The minimum atomic E-state index is -0.625. The van der Waals surface area contributed by atoms with Gasteiger partial charge in [-0.1, -0.05) is 6.07 Å². The average molecular weight is 359 g/mol. The number of nitrogens with zero attached hydrogens (tertiary/aromatic N) is 2. The van der Waals surface area contributed by atoms with Crippen LogP contribution in [0.2, 0.25) is 0 Å². The summed E-state index contributed by atoms with van der Waals surface area (Å²) < 4.78 is 19.8. The molecule has 25 heavy (non-hydrogen) atoms. The Morgan fingerprint density at radius 3 is 2.84 bits per heavy atom. The number of thiophene rings is 1. The lowest BCUT2D eigenvalue weighted by Gasteiger charge is -2.09. The van der Waals surface area contributed by atoms with Gasteiger partial charge in [0.15, 0.2) is 0 Å². The van der Waals surface area contributed by atoms with Gasteiger partial charge in [-0.05, 0) is 29.6 Å². The van der Waals surface area contributed by atoms with Gasteiger partial charge in [0.1, 0.15) is 23.8 Å². The van der Waals surface area contributed by atoms with Crippen LogP contribution in [0.5, 0.6) is 5.75 Å². The number of hydrogen-bond acceptors (Lipinski definition) is 5. The molecule has 1 aromatic carbocycles. The highest BCUT2D eigenvalue weighted by Crippen LogP contribution is 2.22. The summed E-state index contributed by atoms with van der Waals surface area (Å²) in [7, 11) is 1.42. The molecule has 2 heterocycles. The fourth-order valence-electron chi connectivity index (χ4n) is 2.17. The fourth-order valence-corrected chi connectivity index (χ4v) is 2.86. The maximum atomic E-state index is 13.9. The summed E-state index contributed by atoms with van der Waals surface area (Å²) in [6.45, 7) is -0.316. The molecule has 0 aliphatic carbocycles. The van der Waals surface area contributed by atoms with E-state index < -0.39 is 17.3 Å². The zero-order chi connectivity index (χ0) is 17.8. The topological polar surface area (TPSA) is 73.2 Å². The zero-order valence-corrected chi connectivity index (χ0v) is 14.0. The second-order valence-electron chi connectivity index (χ2n) is 5.09. The smallest absolute Gasteiger partial charge is 0.267 e. The van der Waals surface area contributed by atoms with Crippen LogP contribution < -0.4 is 15.6 Å². The van der Waals surface area contributed by atoms with Crippen molar-refractivity contribution < 1.29 is 13.9 Å². The molecule has 3 aromatic rings. The van der Waals surface area contributed by atoms with Crippen LogP contribution in [0, 0.1) is 5.82 Å². The number of anilines is 1. The van der Waals surface area contributed by atoms with Crippen LogP contribution in [-0.4, -0.2) is 22.8 Å². The van der Waals surface area contributed by atoms with E-state index in [0.717, 1.165) is 15.6 Å². The largest absolute Gasteiger partial charge is 0.497 e. The summed E-state index contributed by atoms with van der Waals surface area (Å²) in [6, 6.07) is 10.8. The van der Waals surface area contributed by atoms with Crippen LogP contribution in [0.4, 0.5) is 10.1 Å². The molecule has 0 saturated heterocycles. The number of methoxy groups -OCH3 is 1. The highest BCUT2D eigenvalue weighted by molar-refractivity contribution is 7.13. The van der Waals surface area contributed by atoms with E-state index in [4.69, 9.17) is 4.74 Å². The van der Waals surface area contributed by atoms with E-state index in [1.165, 1.54) is 36.6 Å². The molecular formula is C17H14FN3O3S. The molecule has 6 nitrogen and oxygen atoms in total. The van der Waals surface area contributed by atoms with Gasteiger partial charge in [-0.15, -0.1) is 11.3 Å². The van der Waals surface area contributed by atoms with Gasteiger partial charge in [-0.2, -0.15) is 5.10 Å². The predicted molar refractivity (Wildman–Crippen MR) is 93.4 cm³/mol. The maximum Gasteiger partial charge on any atom is 0.267 e. The first-order valence-electron chi connectivity index (χ1n) is 7.32. The van der Waals surface area contributed by atoms with Gasteiger partial charge in [0, 0.05) is 12.1 Å². The Labute approximate surface area is 146 Å². The van der Waals surface area contributed by atoms with Crippen LogP contribution in [0.3, 0.4) is 0 Å². The number of benzene rings is 1. The van der Waals surface area contributed by atoms with E-state index in [1.54, 1.807) is 6.07 Å². The van der Waals surface area contributed by atoms with Crippen LogP contribution in [0.1, 0.15) is 0 Å². The molecule has 0 atom stereocenters. The first-order valence-corrected chi connectivity index (χ1v) is 8.20. The number of halogens is 1. The number of carbonyl (C=O) groups is 1. The first-order chi connectivity index (χ1) is 12.1. The molecule has 0 aliphatic heterocycles. The lowest BCUT2D eigenvalue weighted by Crippen LogP contribution is -2.29. The van der Waals surface area contributed by atoms with Crippen molar-refractivity contribution in [3.8, 4) is 16.3 Å². The number of amides is 1. The summed E-state index contributed by atoms with van der Waals surface area (Å²) in [5.74, 6) is -0.834. The Morgan fingerprint density at radius 1 is 1.32 bits per heavy atom. The third-order valence-corrected chi connectivity index (χ3v) is 4.28. The predicted octanol–water partition coefficient (Wildman–Crippen LogP) is 2.76. The van der Waals surface area contributed by atoms with Crippen molar-refractivity contribution in [2.45, 2.75) is 6.54 Å². The standard InChI is InChI=1S/C17H14FN3O3S/c1-24-11-4-5-13(12(18)9-11)19-16(22)10-21-17(23)7-6-14(20-21)15-3-2-8-25-15/h2-9H,10H2,1H3,(H,19,22). The molecule has 128 valence electrons. The SMILES string of the molecule is COc1ccc(NC(=O)Cn2nc(-c3cccs3)ccc2=O)c(F)c1. The Balaban J connectivity index is 1.77. The van der Waals surface area contributed by atoms with Crippen molar-refractivity contribution in [1.82, 2.24) is 9.78 Å². The zero-order valence-electron chi connectivity index (χ0n) is 13.2. The Hall–Kier alpha value is -3.00. The molecular weight excluding hydrogens is 345 g/mol. The quantitative estimate of drug-likeness (QED) is 0.760. The highest BCUT2D eigenvalue weighted by atomic mass is 32.1. The van der Waals surface area contributed by atoms with E-state index in [0.29, 0.717) is 11.4 Å². The van der Waals surface area contributed by atoms with E-state index in [1.807, 2.05) is 17.5 Å². The van der Waals surface area contributed by atoms with Crippen molar-refractivity contribution >= 4 is 22.9 Å². The van der Waals surface area contributed by atoms with E-state index >= 15 is 0 Å². The lowest BCUT2D eigenvalue weighted by atomic mass is 10.3. The van der Waals surface area contributed by atoms with Gasteiger partial charge in [-0.3, -0.25) is 9.59 Å². The summed E-state index contributed by atoms with van der Waals surface area (Å²) in [4.78, 5) is 24.9. The second kappa shape index (κ2) is 7.27. The molecule has 8 heteroatoms. The summed E-state index contributed by atoms with van der Waals surface area (Å²) in [6.07, 6.45) is 0. The number of ether oxygens (including phenoxy) is 1. The number of carbonyl (C=O) groups excluding carboxylic acids is 1. The second-order valence-corrected chi connectivity index (χ2v) is 6.03. The van der Waals surface area contributed by atoms with E-state index in [-0.39, 0.29) is 12.2 Å². The normalized spacial score (nSPS) is 10.5. The van der Waals surface area contributed by atoms with Crippen molar-refractivity contribution in [2.24, 2.45) is 0 Å². The van der Waals surface area contributed by atoms with Crippen LogP contribution in [0.15, 0.2) is 52.6 Å². The minimum Gasteiger partial charge on any atom is -0.497 e. The van der Waals surface area contributed by atoms with Gasteiger partial charge >= 0.3 is 0 Å². The minimum absolute atomic E-state index is 0.00765. The Kier molecular flexibility index (Phi) is 4.90.